The van der Waals surface area contributed by atoms with Crippen LogP contribution in [-0.4, -0.2) is 61.3 Å². The first-order chi connectivity index (χ1) is 17.8. The maximum atomic E-state index is 12.4. The standard InChI is InChI=1S/C24H28N6O7/c1-13(2)30-11-17-22(28-24(30)34)27-21-15(4-3-5-16(21)36-17)35-9-7-25-19-6-8-29(23(33)26-19)20-10-14(32)18(12-31)37-20/h3-6,8,11,13-14,18,20,31-32H,7,9-10,12H2,1-2H3,(H,25,26,33)(H,27,28,34). The van der Waals surface area contributed by atoms with Crippen LogP contribution in [-0.2, 0) is 4.74 Å². The minimum atomic E-state index is -0.844. The van der Waals surface area contributed by atoms with Gasteiger partial charge < -0.3 is 35.1 Å². The van der Waals surface area contributed by atoms with Gasteiger partial charge >= 0.3 is 11.4 Å². The molecule has 3 atom stereocenters. The van der Waals surface area contributed by atoms with Gasteiger partial charge in [0.25, 0.3) is 0 Å². The van der Waals surface area contributed by atoms with E-state index >= 15 is 0 Å². The molecule has 3 aromatic rings. The number of aliphatic hydroxyl groups is 2. The number of hydrogen-bond acceptors (Lipinski definition) is 11. The van der Waals surface area contributed by atoms with Crippen molar-refractivity contribution in [3.8, 4) is 17.2 Å². The van der Waals surface area contributed by atoms with Gasteiger partial charge in [-0.2, -0.15) is 9.97 Å². The number of fused-ring (bicyclic) bond motifs is 2. The summed E-state index contributed by atoms with van der Waals surface area (Å²) in [7, 11) is 0. The Morgan fingerprint density at radius 1 is 1.22 bits per heavy atom. The number of nitrogens with one attached hydrogen (secondary N) is 2. The minimum Gasteiger partial charge on any atom is -0.489 e. The molecule has 4 N–H and O–H groups in total. The first-order valence-corrected chi connectivity index (χ1v) is 12.0. The van der Waals surface area contributed by atoms with E-state index in [1.54, 1.807) is 30.5 Å². The second kappa shape index (κ2) is 10.2. The van der Waals surface area contributed by atoms with Gasteiger partial charge in [0.2, 0.25) is 0 Å². The number of aromatic nitrogens is 4. The summed E-state index contributed by atoms with van der Waals surface area (Å²) in [6, 6.07) is 6.92. The molecule has 0 saturated carbocycles. The zero-order chi connectivity index (χ0) is 26.1. The molecule has 0 spiro atoms. The van der Waals surface area contributed by atoms with Gasteiger partial charge in [-0.25, -0.2) is 9.59 Å². The molecule has 13 nitrogen and oxygen atoms in total. The Labute approximate surface area is 211 Å². The highest BCUT2D eigenvalue weighted by atomic mass is 16.5. The molecule has 37 heavy (non-hydrogen) atoms. The smallest absolute Gasteiger partial charge is 0.351 e. The number of para-hydroxylation sites is 1. The zero-order valence-corrected chi connectivity index (χ0v) is 20.3. The highest BCUT2D eigenvalue weighted by molar-refractivity contribution is 5.77. The summed E-state index contributed by atoms with van der Waals surface area (Å²) in [6.07, 6.45) is 1.11. The Morgan fingerprint density at radius 3 is 2.78 bits per heavy atom. The van der Waals surface area contributed by atoms with E-state index in [4.69, 9.17) is 14.2 Å². The molecule has 0 amide bonds. The Hall–Kier alpha value is -3.94. The Balaban J connectivity index is 1.20. The summed E-state index contributed by atoms with van der Waals surface area (Å²) >= 11 is 0. The predicted octanol–water partition coefficient (Wildman–Crippen LogP) is 1.36. The summed E-state index contributed by atoms with van der Waals surface area (Å²) in [5, 5.41) is 25.3. The van der Waals surface area contributed by atoms with Gasteiger partial charge in [-0.15, -0.1) is 0 Å². The lowest BCUT2D eigenvalue weighted by Gasteiger charge is -2.24. The van der Waals surface area contributed by atoms with Crippen molar-refractivity contribution in [3.63, 3.8) is 0 Å². The Morgan fingerprint density at radius 2 is 2.05 bits per heavy atom. The van der Waals surface area contributed by atoms with Crippen LogP contribution in [0.5, 0.6) is 17.2 Å². The van der Waals surface area contributed by atoms with Crippen molar-refractivity contribution in [3.05, 3.63) is 57.6 Å². The van der Waals surface area contributed by atoms with E-state index in [1.807, 2.05) is 13.8 Å². The molecule has 2 aliphatic rings. The topological polar surface area (TPSA) is 162 Å². The summed E-state index contributed by atoms with van der Waals surface area (Å²) in [5.74, 6) is 2.18. The highest BCUT2D eigenvalue weighted by Crippen LogP contribution is 2.45. The summed E-state index contributed by atoms with van der Waals surface area (Å²) in [4.78, 5) is 32.8. The third-order valence-corrected chi connectivity index (χ3v) is 6.12. The molecule has 1 saturated heterocycles. The van der Waals surface area contributed by atoms with Gasteiger partial charge in [-0.05, 0) is 32.0 Å². The van der Waals surface area contributed by atoms with Crippen LogP contribution in [0.25, 0.3) is 0 Å². The molecule has 0 radical (unpaired) electrons. The molecule has 0 bridgehead atoms. The Bertz CT molecular complexity index is 1410. The third kappa shape index (κ3) is 5.01. The van der Waals surface area contributed by atoms with Crippen LogP contribution in [0.3, 0.4) is 0 Å². The summed E-state index contributed by atoms with van der Waals surface area (Å²) in [5.41, 5.74) is -0.359. The van der Waals surface area contributed by atoms with E-state index in [-0.39, 0.29) is 31.4 Å². The second-order valence-electron chi connectivity index (χ2n) is 8.99. The molecule has 4 heterocycles. The molecule has 3 unspecified atom stereocenters. The van der Waals surface area contributed by atoms with Gasteiger partial charge in [0, 0.05) is 18.7 Å². The number of ether oxygens (including phenoxy) is 3. The lowest BCUT2D eigenvalue weighted by atomic mass is 10.2. The largest absolute Gasteiger partial charge is 0.489 e. The molecule has 196 valence electrons. The van der Waals surface area contributed by atoms with Crippen LogP contribution in [0.4, 0.5) is 17.3 Å². The van der Waals surface area contributed by atoms with Crippen molar-refractivity contribution >= 4 is 17.3 Å². The maximum absolute atomic E-state index is 12.4. The van der Waals surface area contributed by atoms with Gasteiger partial charge in [-0.1, -0.05) is 6.07 Å². The molecule has 5 rings (SSSR count). The number of benzene rings is 1. The van der Waals surface area contributed by atoms with Crippen LogP contribution >= 0.6 is 0 Å². The van der Waals surface area contributed by atoms with E-state index in [0.29, 0.717) is 41.1 Å². The van der Waals surface area contributed by atoms with Crippen LogP contribution in [0, 0.1) is 0 Å². The normalized spacial score (nSPS) is 20.1. The fraction of sp³-hybridized carbons (Fsp3) is 0.417. The highest BCUT2D eigenvalue weighted by Gasteiger charge is 2.35. The van der Waals surface area contributed by atoms with Crippen LogP contribution in [0.2, 0.25) is 0 Å². The van der Waals surface area contributed by atoms with Gasteiger partial charge in [-0.3, -0.25) is 9.13 Å². The first kappa shape index (κ1) is 24.7. The zero-order valence-electron chi connectivity index (χ0n) is 20.3. The van der Waals surface area contributed by atoms with Gasteiger partial charge in [0.15, 0.2) is 17.3 Å². The molecule has 0 aliphatic carbocycles. The average molecular weight is 513 g/mol. The SMILES string of the molecule is CC(C)n1cc2c(nc1=O)Nc1c(OCCNc3ccn(C4CC(O)C(CO)O4)c(=O)n3)cccc1O2. The monoisotopic (exact) mass is 512 g/mol. The lowest BCUT2D eigenvalue weighted by molar-refractivity contribution is -0.0458. The van der Waals surface area contributed by atoms with E-state index in [0.717, 1.165) is 0 Å². The number of nitrogens with zero attached hydrogens (tertiary/aromatic N) is 4. The molecule has 1 fully saturated rings. The Kier molecular flexibility index (Phi) is 6.82. The quantitative estimate of drug-likeness (QED) is 0.252. The van der Waals surface area contributed by atoms with E-state index in [1.165, 1.54) is 15.3 Å². The van der Waals surface area contributed by atoms with Crippen molar-refractivity contribution in [1.29, 1.82) is 0 Å². The molecule has 13 heteroatoms. The van der Waals surface area contributed by atoms with Crippen molar-refractivity contribution in [2.75, 3.05) is 30.4 Å². The van der Waals surface area contributed by atoms with Crippen molar-refractivity contribution in [2.45, 2.75) is 44.7 Å². The fourth-order valence-electron chi connectivity index (χ4n) is 4.18. The third-order valence-electron chi connectivity index (χ3n) is 6.12. The number of rotatable bonds is 8. The summed E-state index contributed by atoms with van der Waals surface area (Å²) in [6.45, 7) is 4.05. The van der Waals surface area contributed by atoms with E-state index in [9.17, 15) is 19.8 Å². The van der Waals surface area contributed by atoms with Gasteiger partial charge in [0.1, 0.15) is 36.2 Å². The van der Waals surface area contributed by atoms with Crippen molar-refractivity contribution < 1.29 is 24.4 Å². The van der Waals surface area contributed by atoms with Crippen LogP contribution < -0.4 is 31.5 Å². The molecular formula is C24H28N6O7. The number of hydrogen-bond donors (Lipinski definition) is 4. The maximum Gasteiger partial charge on any atom is 0.351 e. The molecular weight excluding hydrogens is 484 g/mol. The number of anilines is 3. The van der Waals surface area contributed by atoms with Gasteiger partial charge in [0.05, 0.1) is 25.5 Å². The number of aliphatic hydroxyl groups excluding tert-OH is 2. The van der Waals surface area contributed by atoms with Crippen molar-refractivity contribution in [1.82, 2.24) is 19.1 Å². The molecule has 2 aromatic heterocycles. The first-order valence-electron chi connectivity index (χ1n) is 12.0. The minimum absolute atomic E-state index is 0.0537. The average Bonchev–Trinajstić information content (AvgIpc) is 3.25. The fourth-order valence-corrected chi connectivity index (χ4v) is 4.18. The molecule has 2 aliphatic heterocycles. The van der Waals surface area contributed by atoms with E-state index in [2.05, 4.69) is 20.6 Å². The lowest BCUT2D eigenvalue weighted by Crippen LogP contribution is -2.28. The predicted molar refractivity (Wildman–Crippen MR) is 133 cm³/mol. The van der Waals surface area contributed by atoms with Crippen LogP contribution in [0.1, 0.15) is 32.5 Å². The van der Waals surface area contributed by atoms with E-state index < -0.39 is 24.1 Å². The van der Waals surface area contributed by atoms with Crippen molar-refractivity contribution in [2.24, 2.45) is 0 Å². The summed E-state index contributed by atoms with van der Waals surface area (Å²) < 4.78 is 20.2. The van der Waals surface area contributed by atoms with Crippen LogP contribution in [0.15, 0.2) is 46.2 Å². The second-order valence-corrected chi connectivity index (χ2v) is 8.99. The molecule has 1 aromatic carbocycles.